The van der Waals surface area contributed by atoms with Gasteiger partial charge in [0.15, 0.2) is 0 Å². The Balaban J connectivity index is 1.41. The molecule has 0 saturated carbocycles. The fourth-order valence-corrected chi connectivity index (χ4v) is 5.51. The lowest BCUT2D eigenvalue weighted by molar-refractivity contribution is 0.0949. The van der Waals surface area contributed by atoms with Gasteiger partial charge in [0.05, 0.1) is 11.1 Å². The third-order valence-corrected chi connectivity index (χ3v) is 7.67. The van der Waals surface area contributed by atoms with E-state index in [1.54, 1.807) is 66.7 Å². The Kier molecular flexibility index (Phi) is 7.72. The number of carbonyl (C=O) groups is 3. The highest BCUT2D eigenvalue weighted by Crippen LogP contribution is 2.39. The second-order valence-corrected chi connectivity index (χ2v) is 10.5. The van der Waals surface area contributed by atoms with Crippen LogP contribution in [-0.4, -0.2) is 27.8 Å². The molecule has 0 bridgehead atoms. The smallest absolute Gasteiger partial charge is 0.255 e. The molecule has 0 unspecified atom stereocenters. The number of primary amides is 1. The van der Waals surface area contributed by atoms with Gasteiger partial charge in [0, 0.05) is 46.2 Å². The number of H-pyrrole nitrogens is 1. The molecule has 0 aliphatic rings. The number of anilines is 1. The predicted octanol–water partition coefficient (Wildman–Crippen LogP) is 5.57. The van der Waals surface area contributed by atoms with Gasteiger partial charge in [0.2, 0.25) is 0 Å². The van der Waals surface area contributed by atoms with Crippen molar-refractivity contribution in [3.8, 4) is 16.9 Å². The number of aromatic hydroxyl groups is 1. The molecule has 0 aliphatic carbocycles. The molecule has 3 amide bonds. The van der Waals surface area contributed by atoms with Gasteiger partial charge in [0.1, 0.15) is 11.6 Å². The van der Waals surface area contributed by atoms with Crippen LogP contribution in [0, 0.1) is 5.82 Å². The van der Waals surface area contributed by atoms with Crippen LogP contribution in [0.4, 0.5) is 10.1 Å². The van der Waals surface area contributed by atoms with Crippen molar-refractivity contribution in [1.29, 1.82) is 0 Å². The molecule has 10 heteroatoms. The molecule has 45 heavy (non-hydrogen) atoms. The fourth-order valence-electron chi connectivity index (χ4n) is 5.51. The van der Waals surface area contributed by atoms with Crippen LogP contribution < -0.4 is 22.1 Å². The molecule has 6 rings (SSSR count). The van der Waals surface area contributed by atoms with Crippen molar-refractivity contribution in [2.75, 3.05) is 5.32 Å². The minimum Gasteiger partial charge on any atom is -0.508 e. The number of fused-ring (bicyclic) bond motifs is 3. The number of benzene rings is 5. The zero-order valence-electron chi connectivity index (χ0n) is 23.9. The molecular formula is C35H28FN5O4. The van der Waals surface area contributed by atoms with Crippen molar-refractivity contribution >= 4 is 45.2 Å². The molecule has 0 saturated heterocycles. The normalized spacial score (nSPS) is 11.1. The molecule has 0 radical (unpaired) electrons. The van der Waals surface area contributed by atoms with E-state index < -0.39 is 17.6 Å². The van der Waals surface area contributed by atoms with E-state index in [1.807, 2.05) is 6.07 Å². The Morgan fingerprint density at radius 2 is 1.58 bits per heavy atom. The largest absolute Gasteiger partial charge is 0.508 e. The first-order valence-electron chi connectivity index (χ1n) is 14.1. The van der Waals surface area contributed by atoms with Crippen LogP contribution in [0.15, 0.2) is 97.1 Å². The Hall–Kier alpha value is -6.00. The summed E-state index contributed by atoms with van der Waals surface area (Å²) in [7, 11) is 0. The van der Waals surface area contributed by atoms with Gasteiger partial charge in [-0.15, -0.1) is 0 Å². The van der Waals surface area contributed by atoms with E-state index in [4.69, 9.17) is 11.5 Å². The SMILES string of the molecule is NCc1c(NC(=O)c2ccc(F)cc2)cccc1-c1ccc(C(N)=O)c2[nH]c3cc(C(=O)NCc4cccc(O)c4)ccc3c12. The summed E-state index contributed by atoms with van der Waals surface area (Å²) < 4.78 is 13.4. The Bertz CT molecular complexity index is 2120. The molecule has 224 valence electrons. The minimum absolute atomic E-state index is 0.0835. The van der Waals surface area contributed by atoms with Gasteiger partial charge in [-0.05, 0) is 82.9 Å². The van der Waals surface area contributed by atoms with E-state index in [-0.39, 0.29) is 35.9 Å². The summed E-state index contributed by atoms with van der Waals surface area (Å²) in [6.45, 7) is 0.310. The molecule has 0 fully saturated rings. The summed E-state index contributed by atoms with van der Waals surface area (Å²) in [4.78, 5) is 41.7. The Morgan fingerprint density at radius 1 is 0.822 bits per heavy atom. The summed E-state index contributed by atoms with van der Waals surface area (Å²) in [5, 5.41) is 16.9. The van der Waals surface area contributed by atoms with Gasteiger partial charge in [-0.1, -0.05) is 36.4 Å². The number of nitrogens with two attached hydrogens (primary N) is 2. The third kappa shape index (κ3) is 5.69. The topological polar surface area (TPSA) is 163 Å². The number of phenols is 1. The van der Waals surface area contributed by atoms with E-state index >= 15 is 0 Å². The molecule has 6 aromatic rings. The van der Waals surface area contributed by atoms with Gasteiger partial charge >= 0.3 is 0 Å². The van der Waals surface area contributed by atoms with Crippen LogP contribution in [0.5, 0.6) is 5.75 Å². The molecular weight excluding hydrogens is 573 g/mol. The summed E-state index contributed by atoms with van der Waals surface area (Å²) in [6, 6.07) is 25.9. The van der Waals surface area contributed by atoms with Gasteiger partial charge in [-0.2, -0.15) is 0 Å². The highest BCUT2D eigenvalue weighted by molar-refractivity contribution is 6.20. The number of halogens is 1. The van der Waals surface area contributed by atoms with Crippen molar-refractivity contribution in [3.63, 3.8) is 0 Å². The van der Waals surface area contributed by atoms with Crippen molar-refractivity contribution in [3.05, 3.63) is 131 Å². The highest BCUT2D eigenvalue weighted by atomic mass is 19.1. The number of phenolic OH excluding ortho intramolecular Hbond substituents is 1. The van der Waals surface area contributed by atoms with E-state index in [0.717, 1.165) is 22.1 Å². The summed E-state index contributed by atoms with van der Waals surface area (Å²) >= 11 is 0. The van der Waals surface area contributed by atoms with Crippen LogP contribution in [0.2, 0.25) is 0 Å². The summed E-state index contributed by atoms with van der Waals surface area (Å²) in [5.74, 6) is -1.69. The standard InChI is InChI=1S/C35H28FN5O4/c36-22-10-7-20(8-11-22)35(45)41-29-6-2-5-24(28(29)17-37)25-13-14-27(33(38)43)32-31(25)26-12-9-21(16-30(26)40-32)34(44)39-18-19-3-1-4-23(42)15-19/h1-16,40,42H,17-18,37H2,(H2,38,43)(H,39,44)(H,41,45). The van der Waals surface area contributed by atoms with Crippen molar-refractivity contribution in [2.45, 2.75) is 13.1 Å². The van der Waals surface area contributed by atoms with Gasteiger partial charge < -0.3 is 32.2 Å². The van der Waals surface area contributed by atoms with Crippen molar-refractivity contribution < 1.29 is 23.9 Å². The fraction of sp³-hybridized carbons (Fsp3) is 0.0571. The molecule has 5 aromatic carbocycles. The maximum atomic E-state index is 13.4. The molecule has 0 aliphatic heterocycles. The number of aromatic amines is 1. The van der Waals surface area contributed by atoms with Crippen LogP contribution in [-0.2, 0) is 13.1 Å². The zero-order chi connectivity index (χ0) is 31.7. The monoisotopic (exact) mass is 601 g/mol. The van der Waals surface area contributed by atoms with Crippen molar-refractivity contribution in [1.82, 2.24) is 10.3 Å². The molecule has 0 atom stereocenters. The Labute approximate surface area is 256 Å². The summed E-state index contributed by atoms with van der Waals surface area (Å²) in [5.41, 5.74) is 17.4. The zero-order valence-corrected chi connectivity index (χ0v) is 23.9. The van der Waals surface area contributed by atoms with Gasteiger partial charge in [-0.3, -0.25) is 14.4 Å². The van der Waals surface area contributed by atoms with Gasteiger partial charge in [-0.25, -0.2) is 4.39 Å². The van der Waals surface area contributed by atoms with Crippen LogP contribution in [0.1, 0.15) is 42.2 Å². The maximum Gasteiger partial charge on any atom is 0.255 e. The van der Waals surface area contributed by atoms with Crippen LogP contribution >= 0.6 is 0 Å². The number of aromatic nitrogens is 1. The third-order valence-electron chi connectivity index (χ3n) is 7.67. The number of rotatable bonds is 8. The molecule has 1 aromatic heterocycles. The highest BCUT2D eigenvalue weighted by Gasteiger charge is 2.20. The number of nitrogens with one attached hydrogen (secondary N) is 3. The van der Waals surface area contributed by atoms with E-state index in [1.165, 1.54) is 24.3 Å². The molecule has 0 spiro atoms. The first-order chi connectivity index (χ1) is 21.7. The molecule has 8 N–H and O–H groups in total. The van der Waals surface area contributed by atoms with E-state index in [2.05, 4.69) is 15.6 Å². The predicted molar refractivity (Wildman–Crippen MR) is 171 cm³/mol. The maximum absolute atomic E-state index is 13.4. The second kappa shape index (κ2) is 11.9. The number of carbonyl (C=O) groups excluding carboxylic acids is 3. The molecule has 1 heterocycles. The number of hydrogen-bond donors (Lipinski definition) is 6. The second-order valence-electron chi connectivity index (χ2n) is 10.5. The lowest BCUT2D eigenvalue weighted by Gasteiger charge is -2.16. The molecule has 9 nitrogen and oxygen atoms in total. The van der Waals surface area contributed by atoms with Crippen LogP contribution in [0.25, 0.3) is 32.9 Å². The first kappa shape index (κ1) is 29.1. The Morgan fingerprint density at radius 3 is 2.31 bits per heavy atom. The summed E-state index contributed by atoms with van der Waals surface area (Å²) in [6.07, 6.45) is 0. The van der Waals surface area contributed by atoms with E-state index in [9.17, 15) is 23.9 Å². The van der Waals surface area contributed by atoms with Gasteiger partial charge in [0.25, 0.3) is 17.7 Å². The van der Waals surface area contributed by atoms with Crippen molar-refractivity contribution in [2.24, 2.45) is 11.5 Å². The number of amides is 3. The average molecular weight is 602 g/mol. The minimum atomic E-state index is -0.624. The van der Waals surface area contributed by atoms with Crippen LogP contribution in [0.3, 0.4) is 0 Å². The van der Waals surface area contributed by atoms with E-state index in [0.29, 0.717) is 33.2 Å². The lowest BCUT2D eigenvalue weighted by Crippen LogP contribution is -2.22. The quantitative estimate of drug-likeness (QED) is 0.134. The average Bonchev–Trinajstić information content (AvgIpc) is 3.42. The lowest BCUT2D eigenvalue weighted by atomic mass is 9.92. The number of hydrogen-bond acceptors (Lipinski definition) is 5. The first-order valence-corrected chi connectivity index (χ1v) is 14.1.